The van der Waals surface area contributed by atoms with Crippen LogP contribution in [0.25, 0.3) is 0 Å². The quantitative estimate of drug-likeness (QED) is 0.0753. The van der Waals surface area contributed by atoms with Crippen molar-refractivity contribution in [3.05, 3.63) is 23.8 Å². The minimum absolute atomic E-state index is 0.00644. The number of aldehydes is 1. The van der Waals surface area contributed by atoms with Crippen LogP contribution in [0.5, 0.6) is 0 Å². The average Bonchev–Trinajstić information content (AvgIpc) is 3.67. The van der Waals surface area contributed by atoms with Crippen molar-refractivity contribution in [2.75, 3.05) is 34.9 Å². The molecule has 21 atom stereocenters. The molecule has 0 unspecified atom stereocenters. The molecule has 76 heavy (non-hydrogen) atoms. The first-order valence-corrected chi connectivity index (χ1v) is 34.4. The van der Waals surface area contributed by atoms with Gasteiger partial charge in [0.25, 0.3) is 0 Å². The van der Waals surface area contributed by atoms with Gasteiger partial charge in [-0.15, -0.1) is 0 Å². The van der Waals surface area contributed by atoms with Gasteiger partial charge in [-0.3, -0.25) is 9.59 Å². The molecule has 0 radical (unpaired) electrons. The molecule has 0 aromatic rings. The molecule has 5 rings (SSSR count). The number of hydrogen-bond donors (Lipinski definition) is 2. The van der Waals surface area contributed by atoms with Gasteiger partial charge in [0.1, 0.15) is 30.7 Å². The van der Waals surface area contributed by atoms with Crippen LogP contribution in [0.2, 0.25) is 8.87 Å². The molecule has 5 aliphatic rings. The predicted molar refractivity (Wildman–Crippen MR) is 283 cm³/mol. The normalized spacial score (nSPS) is 41.9. The number of aliphatic hydroxyl groups excluding tert-OH is 2. The summed E-state index contributed by atoms with van der Waals surface area (Å²) in [6.07, 6.45) is -1.72. The van der Waals surface area contributed by atoms with Gasteiger partial charge in [-0.2, -0.15) is 0 Å². The summed E-state index contributed by atoms with van der Waals surface area (Å²) in [6, 6.07) is -0.660. The summed E-state index contributed by atoms with van der Waals surface area (Å²) in [7, 11) is 6.66. The molecule has 0 spiro atoms. The topological polar surface area (TPSA) is 223 Å². The fraction of sp³-hybridized carbons (Fsp3) is 0.857. The Bertz CT molecular complexity index is 1920. The third-order valence-corrected chi connectivity index (χ3v) is 26.9. The Morgan fingerprint density at radius 1 is 0.868 bits per heavy atom. The molecule has 0 aromatic heterocycles. The Kier molecular flexibility index (Phi) is 25.3. The second kappa shape index (κ2) is 29.7. The summed E-state index contributed by atoms with van der Waals surface area (Å²) in [5.41, 5.74) is 0.0708. The molecule has 0 bridgehead atoms. The zero-order valence-corrected chi connectivity index (χ0v) is 51.1. The molecule has 0 saturated carbocycles. The summed E-state index contributed by atoms with van der Waals surface area (Å²) < 4.78 is 79.3. The van der Waals surface area contributed by atoms with Crippen LogP contribution >= 0.6 is 0 Å². The van der Waals surface area contributed by atoms with Crippen LogP contribution in [0, 0.1) is 23.7 Å². The van der Waals surface area contributed by atoms with E-state index in [0.29, 0.717) is 18.4 Å². The van der Waals surface area contributed by atoms with E-state index in [-0.39, 0.29) is 37.4 Å². The summed E-state index contributed by atoms with van der Waals surface area (Å²) in [5, 5.41) is 22.8. The van der Waals surface area contributed by atoms with Gasteiger partial charge < -0.3 is 38.7 Å². The monoisotopic (exact) mass is 1190 g/mol. The number of rotatable bonds is 20. The van der Waals surface area contributed by atoms with E-state index in [0.717, 1.165) is 40.8 Å². The average molecular weight is 1190 g/mol. The molecule has 19 nitrogen and oxygen atoms in total. The number of carbonyl (C=O) groups is 4. The third-order valence-electron chi connectivity index (χ3n) is 16.2. The third kappa shape index (κ3) is 16.4. The Labute approximate surface area is 457 Å². The second-order valence-corrected chi connectivity index (χ2v) is 31.9. The number of ether oxygens (including phenoxy) is 10. The molecular weight excluding hydrogens is 1090 g/mol. The molecule has 436 valence electrons. The van der Waals surface area contributed by atoms with E-state index in [9.17, 15) is 29.4 Å². The first-order chi connectivity index (χ1) is 36.0. The van der Waals surface area contributed by atoms with Gasteiger partial charge in [0, 0.05) is 32.5 Å². The number of fused-ring (bicyclic) bond motifs is 1. The van der Waals surface area contributed by atoms with Crippen LogP contribution < -0.4 is 0 Å². The van der Waals surface area contributed by atoms with Gasteiger partial charge in [-0.25, -0.2) is 0 Å². The van der Waals surface area contributed by atoms with Crippen LogP contribution in [-0.4, -0.2) is 197 Å². The maximum atomic E-state index is 14.0. The van der Waals surface area contributed by atoms with Gasteiger partial charge in [0.05, 0.1) is 25.2 Å². The second-order valence-electron chi connectivity index (χ2n) is 22.6. The molecule has 4 fully saturated rings. The molecule has 20 heteroatoms. The Morgan fingerprint density at radius 3 is 2.12 bits per heavy atom. The van der Waals surface area contributed by atoms with Crippen LogP contribution in [0.4, 0.5) is 0 Å². The number of carbonyl (C=O) groups excluding carboxylic acids is 4. The van der Waals surface area contributed by atoms with E-state index in [4.69, 9.17) is 53.5 Å². The fourth-order valence-electron chi connectivity index (χ4n) is 12.0. The van der Waals surface area contributed by atoms with Crippen molar-refractivity contribution in [1.82, 2.24) is 4.90 Å². The van der Waals surface area contributed by atoms with Crippen molar-refractivity contribution in [3.8, 4) is 0 Å². The van der Waals surface area contributed by atoms with E-state index in [1.54, 1.807) is 26.8 Å². The number of esters is 2. The van der Waals surface area contributed by atoms with Crippen molar-refractivity contribution in [2.24, 2.45) is 23.7 Å². The van der Waals surface area contributed by atoms with Crippen LogP contribution in [0.1, 0.15) is 134 Å². The van der Waals surface area contributed by atoms with Gasteiger partial charge in [0.2, 0.25) is 0 Å². The zero-order chi connectivity index (χ0) is 56.2. The molecule has 5 heterocycles. The first-order valence-electron chi connectivity index (χ1n) is 28.0. The van der Waals surface area contributed by atoms with Gasteiger partial charge >= 0.3 is 240 Å². The number of aliphatic hydroxyl groups is 2. The number of nitrogens with zero attached hydrogens (tertiary/aromatic N) is 1. The minimum atomic E-state index is -3.48. The van der Waals surface area contributed by atoms with Gasteiger partial charge in [-0.05, 0) is 32.8 Å². The fourth-order valence-corrected chi connectivity index (χ4v) is 24.8. The van der Waals surface area contributed by atoms with Crippen LogP contribution in [-0.2, 0) is 72.7 Å². The maximum absolute atomic E-state index is 14.0. The zero-order valence-electron chi connectivity index (χ0n) is 48.2. The molecule has 0 aromatic carbocycles. The van der Waals surface area contributed by atoms with E-state index < -0.39 is 153 Å². The first kappa shape index (κ1) is 64.9. The number of ketones is 1. The summed E-state index contributed by atoms with van der Waals surface area (Å²) in [4.78, 5) is 55.6. The van der Waals surface area contributed by atoms with Crippen molar-refractivity contribution < 1.29 is 82.9 Å². The van der Waals surface area contributed by atoms with E-state index in [1.807, 2.05) is 52.8 Å². The summed E-state index contributed by atoms with van der Waals surface area (Å²) in [5.74, 6) is -4.19. The number of allylic oxidation sites excluding steroid dienone is 3. The van der Waals surface area contributed by atoms with Crippen molar-refractivity contribution >= 4 is 43.2 Å². The van der Waals surface area contributed by atoms with Crippen LogP contribution in [0.3, 0.4) is 0 Å². The SMILES string of the molecule is CCC[CH2][Sn]1([CH2]CCC)[O][C@H]2[C@H](C)O[C@@H](O[C@H]3[C@H](N(C)C)[C@@H](OC(C)=O)[C@H](O[C@H]4[C@@H](CC=O)C[C@@H](C)C(=O)/C=C/C(C)=C/[C@H](CO[C@@H]5O[C@H](C)[C@@H](O)[C@@H](OC)[C@H]5OC)[C@@H](CC)OC(=O)C[C@@H](O)[C@@H]4C)O[C@@H]3C)C[C@@]2(C)[O]1. The summed E-state index contributed by atoms with van der Waals surface area (Å²) in [6.45, 7) is 20.5. The van der Waals surface area contributed by atoms with E-state index >= 15 is 0 Å². The van der Waals surface area contributed by atoms with Crippen LogP contribution in [0.15, 0.2) is 23.8 Å². The molecule has 0 aliphatic carbocycles. The predicted octanol–water partition coefficient (Wildman–Crippen LogP) is 6.51. The van der Waals surface area contributed by atoms with Crippen molar-refractivity contribution in [3.63, 3.8) is 0 Å². The standard InChI is InChI=1S/C48H77NO18.2C4H9.Sn/c1-14-35-32(23-60-46-44(59-13)43(58-12)39(55)27(5)62-46)19-24(2)15-16-33(52)25(3)20-31(17-18-50)40(26(4)34(53)21-36(54)65-35)67-47-42(64-30(8)51)38(49(10)11)41(28(6)63-47)66-37-22-48(9,57)45(56)29(7)61-37;2*1-3-4-2;/h15-16,18-19,25-29,31-32,34-35,37-47,53,55H,14,17,20-23H2,1-13H3;2*1,3-4H2,2H3;/q-2;;;+2/b16-15+,24-19+;;;/t25-,26+,27-,28-,29+,31+,32-,34-,35-,37+,38+,39-,40-,41-,42-,43-,44-,45+,46-,47+,48-;;;/m1.../s1. The number of cyclic esters (lactones) is 1. The number of hydrogen-bond acceptors (Lipinski definition) is 19. The molecule has 2 N–H and O–H groups in total. The summed E-state index contributed by atoms with van der Waals surface area (Å²) >= 11 is -3.48. The Morgan fingerprint density at radius 2 is 1.53 bits per heavy atom. The molecular formula is C56H95NO18Sn. The van der Waals surface area contributed by atoms with Gasteiger partial charge in [0.15, 0.2) is 12.1 Å². The number of likely N-dealkylation sites (N-methyl/N-ethyl adjacent to an activating group) is 1. The van der Waals surface area contributed by atoms with E-state index in [1.165, 1.54) is 27.2 Å². The Balaban J connectivity index is 1.43. The molecule has 4 saturated heterocycles. The molecule has 0 amide bonds. The van der Waals surface area contributed by atoms with E-state index in [2.05, 4.69) is 20.8 Å². The van der Waals surface area contributed by atoms with Gasteiger partial charge in [-0.1, -0.05) is 38.5 Å². The number of methoxy groups -OCH3 is 2. The van der Waals surface area contributed by atoms with Crippen molar-refractivity contribution in [2.45, 2.75) is 247 Å². The molecule has 5 aliphatic heterocycles. The van der Waals surface area contributed by atoms with Crippen molar-refractivity contribution in [1.29, 1.82) is 0 Å². The Hall–Kier alpha value is -1.96. The number of unbranched alkanes of at least 4 members (excludes halogenated alkanes) is 2.